The van der Waals surface area contributed by atoms with Crippen LogP contribution >= 0.6 is 11.6 Å². The molecule has 1 N–H and O–H groups in total. The van der Waals surface area contributed by atoms with Crippen LogP contribution in [0, 0.1) is 0 Å². The number of aliphatic imine (C=N–C) groups is 1. The Morgan fingerprint density at radius 2 is 2.21 bits per heavy atom. The second-order valence-electron chi connectivity index (χ2n) is 4.92. The molecule has 1 amide bonds. The first-order valence-corrected chi connectivity index (χ1v) is 6.86. The van der Waals surface area contributed by atoms with E-state index >= 15 is 0 Å². The Labute approximate surface area is 116 Å². The van der Waals surface area contributed by atoms with Crippen molar-refractivity contribution in [2.24, 2.45) is 4.99 Å². The summed E-state index contributed by atoms with van der Waals surface area (Å²) in [6.45, 7) is 1.90. The highest BCUT2D eigenvalue weighted by atomic mass is 35.5. The zero-order valence-corrected chi connectivity index (χ0v) is 11.3. The van der Waals surface area contributed by atoms with Crippen molar-refractivity contribution < 1.29 is 9.90 Å². The maximum atomic E-state index is 11.7. The summed E-state index contributed by atoms with van der Waals surface area (Å²) >= 11 is 6.18. The van der Waals surface area contributed by atoms with Gasteiger partial charge in [0.05, 0.1) is 12.3 Å². The molecule has 19 heavy (non-hydrogen) atoms. The fraction of sp³-hybridized carbons (Fsp3) is 0.429. The number of nitrogens with zero attached hydrogens (tertiary/aromatic N) is 2. The summed E-state index contributed by atoms with van der Waals surface area (Å²) in [5, 5.41) is 10.7. The van der Waals surface area contributed by atoms with Crippen LogP contribution in [-0.2, 0) is 11.2 Å². The van der Waals surface area contributed by atoms with Crippen LogP contribution in [0.15, 0.2) is 17.1 Å². The number of halogens is 1. The predicted octanol–water partition coefficient (Wildman–Crippen LogP) is 2.01. The number of hydrogen-bond donors (Lipinski definition) is 1. The smallest absolute Gasteiger partial charge is 0.222 e. The predicted molar refractivity (Wildman–Crippen MR) is 74.0 cm³/mol. The van der Waals surface area contributed by atoms with Gasteiger partial charge in [0, 0.05) is 30.1 Å². The molecule has 1 saturated heterocycles. The molecule has 100 valence electrons. The van der Waals surface area contributed by atoms with E-state index in [-0.39, 0.29) is 11.7 Å². The minimum Gasteiger partial charge on any atom is -0.507 e. The highest BCUT2D eigenvalue weighted by molar-refractivity contribution is 6.32. The molecule has 0 unspecified atom stereocenters. The summed E-state index contributed by atoms with van der Waals surface area (Å²) in [4.78, 5) is 18.0. The van der Waals surface area contributed by atoms with Gasteiger partial charge in [0.15, 0.2) is 0 Å². The zero-order chi connectivity index (χ0) is 13.4. The number of carbonyl (C=O) groups excluding carboxylic acids is 1. The van der Waals surface area contributed by atoms with Gasteiger partial charge in [-0.15, -0.1) is 0 Å². The van der Waals surface area contributed by atoms with Crippen LogP contribution in [0.25, 0.3) is 0 Å². The molecule has 0 aromatic heterocycles. The van der Waals surface area contributed by atoms with Crippen LogP contribution in [0.5, 0.6) is 5.75 Å². The van der Waals surface area contributed by atoms with E-state index in [1.807, 2.05) is 0 Å². The SMILES string of the molecule is O=C1CCCN1CC1=NCCc2c(Cl)ccc(O)c21. The van der Waals surface area contributed by atoms with Crippen LogP contribution in [0.4, 0.5) is 0 Å². The van der Waals surface area contributed by atoms with Gasteiger partial charge in [0.25, 0.3) is 0 Å². The summed E-state index contributed by atoms with van der Waals surface area (Å²) in [6.07, 6.45) is 2.25. The van der Waals surface area contributed by atoms with Crippen LogP contribution in [-0.4, -0.2) is 41.3 Å². The quantitative estimate of drug-likeness (QED) is 0.900. The molecule has 1 aromatic carbocycles. The van der Waals surface area contributed by atoms with Gasteiger partial charge in [-0.25, -0.2) is 0 Å². The summed E-state index contributed by atoms with van der Waals surface area (Å²) in [5.41, 5.74) is 2.44. The van der Waals surface area contributed by atoms with Gasteiger partial charge in [-0.05, 0) is 30.5 Å². The van der Waals surface area contributed by atoms with E-state index in [1.54, 1.807) is 17.0 Å². The molecule has 5 heteroatoms. The summed E-state index contributed by atoms with van der Waals surface area (Å²) < 4.78 is 0. The molecule has 0 bridgehead atoms. The van der Waals surface area contributed by atoms with E-state index in [0.29, 0.717) is 24.5 Å². The first-order chi connectivity index (χ1) is 9.16. The first-order valence-electron chi connectivity index (χ1n) is 6.48. The molecule has 0 aliphatic carbocycles. The number of hydrogen-bond acceptors (Lipinski definition) is 3. The van der Waals surface area contributed by atoms with E-state index in [1.165, 1.54) is 0 Å². The molecule has 1 fully saturated rings. The van der Waals surface area contributed by atoms with Crippen LogP contribution in [0.3, 0.4) is 0 Å². The second kappa shape index (κ2) is 4.85. The molecule has 3 rings (SSSR count). The molecule has 2 aliphatic rings. The maximum Gasteiger partial charge on any atom is 0.222 e. The Balaban J connectivity index is 1.94. The molecular formula is C14H15ClN2O2. The minimum absolute atomic E-state index is 0.163. The van der Waals surface area contributed by atoms with Crippen molar-refractivity contribution in [3.8, 4) is 5.75 Å². The van der Waals surface area contributed by atoms with E-state index in [0.717, 1.165) is 36.2 Å². The molecule has 2 aliphatic heterocycles. The summed E-state index contributed by atoms with van der Waals surface area (Å²) in [5.74, 6) is 0.362. The first kappa shape index (κ1) is 12.5. The third kappa shape index (κ3) is 2.21. The number of phenols is 1. The molecule has 2 heterocycles. The Bertz CT molecular complexity index is 569. The standard InChI is InChI=1S/C14H15ClN2O2/c15-10-3-4-12(18)14-9(10)5-6-16-11(14)8-17-7-1-2-13(17)19/h3-4,18H,1-2,5-8H2. The highest BCUT2D eigenvalue weighted by Crippen LogP contribution is 2.31. The van der Waals surface area contributed by atoms with E-state index < -0.39 is 0 Å². The normalized spacial score (nSPS) is 18.5. The topological polar surface area (TPSA) is 52.9 Å². The molecule has 0 radical (unpaired) electrons. The number of amides is 1. The van der Waals surface area contributed by atoms with Gasteiger partial charge in [-0.2, -0.15) is 0 Å². The largest absolute Gasteiger partial charge is 0.507 e. The molecule has 0 atom stereocenters. The number of phenolic OH excluding ortho intramolecular Hbond substituents is 1. The van der Waals surface area contributed by atoms with Crippen molar-refractivity contribution in [2.45, 2.75) is 19.3 Å². The number of likely N-dealkylation sites (tertiary alicyclic amines) is 1. The lowest BCUT2D eigenvalue weighted by molar-refractivity contribution is -0.127. The Morgan fingerprint density at radius 1 is 1.37 bits per heavy atom. The van der Waals surface area contributed by atoms with Crippen molar-refractivity contribution in [2.75, 3.05) is 19.6 Å². The van der Waals surface area contributed by atoms with Crippen molar-refractivity contribution in [3.05, 3.63) is 28.3 Å². The number of benzene rings is 1. The van der Waals surface area contributed by atoms with Crippen LogP contribution < -0.4 is 0 Å². The van der Waals surface area contributed by atoms with E-state index in [2.05, 4.69) is 4.99 Å². The minimum atomic E-state index is 0.163. The third-order valence-electron chi connectivity index (χ3n) is 3.70. The summed E-state index contributed by atoms with van der Waals surface area (Å²) in [6, 6.07) is 3.30. The number of aromatic hydroxyl groups is 1. The Hall–Kier alpha value is -1.55. The molecule has 0 spiro atoms. The van der Waals surface area contributed by atoms with Crippen molar-refractivity contribution >= 4 is 23.2 Å². The lowest BCUT2D eigenvalue weighted by atomic mass is 9.96. The fourth-order valence-electron chi connectivity index (χ4n) is 2.74. The summed E-state index contributed by atoms with van der Waals surface area (Å²) in [7, 11) is 0. The second-order valence-corrected chi connectivity index (χ2v) is 5.32. The van der Waals surface area contributed by atoms with E-state index in [9.17, 15) is 9.90 Å². The average Bonchev–Trinajstić information content (AvgIpc) is 2.80. The third-order valence-corrected chi connectivity index (χ3v) is 4.05. The van der Waals surface area contributed by atoms with Crippen LogP contribution in [0.1, 0.15) is 24.0 Å². The lowest BCUT2D eigenvalue weighted by Crippen LogP contribution is -2.33. The van der Waals surface area contributed by atoms with Gasteiger partial charge in [0.1, 0.15) is 5.75 Å². The van der Waals surface area contributed by atoms with Gasteiger partial charge >= 0.3 is 0 Å². The highest BCUT2D eigenvalue weighted by Gasteiger charge is 2.26. The fourth-order valence-corrected chi connectivity index (χ4v) is 2.99. The zero-order valence-electron chi connectivity index (χ0n) is 10.5. The number of carbonyl (C=O) groups is 1. The van der Waals surface area contributed by atoms with Gasteiger partial charge in [0.2, 0.25) is 5.91 Å². The van der Waals surface area contributed by atoms with Gasteiger partial charge < -0.3 is 10.0 Å². The average molecular weight is 279 g/mol. The van der Waals surface area contributed by atoms with Gasteiger partial charge in [-0.3, -0.25) is 9.79 Å². The van der Waals surface area contributed by atoms with Crippen molar-refractivity contribution in [1.82, 2.24) is 4.90 Å². The van der Waals surface area contributed by atoms with E-state index in [4.69, 9.17) is 11.6 Å². The monoisotopic (exact) mass is 278 g/mol. The Kier molecular flexibility index (Phi) is 3.19. The Morgan fingerprint density at radius 3 is 2.95 bits per heavy atom. The van der Waals surface area contributed by atoms with Crippen molar-refractivity contribution in [1.29, 1.82) is 0 Å². The number of fused-ring (bicyclic) bond motifs is 1. The molecule has 1 aromatic rings. The molecule has 0 saturated carbocycles. The molecule has 4 nitrogen and oxygen atoms in total. The maximum absolute atomic E-state index is 11.7. The van der Waals surface area contributed by atoms with Crippen LogP contribution in [0.2, 0.25) is 5.02 Å². The lowest BCUT2D eigenvalue weighted by Gasteiger charge is -2.23. The van der Waals surface area contributed by atoms with Crippen molar-refractivity contribution in [3.63, 3.8) is 0 Å². The molecular weight excluding hydrogens is 264 g/mol. The van der Waals surface area contributed by atoms with Gasteiger partial charge in [-0.1, -0.05) is 11.6 Å². The number of rotatable bonds is 2.